The Morgan fingerprint density at radius 2 is 1.87 bits per heavy atom. The Kier molecular flexibility index (Phi) is 5.55. The first-order valence-corrected chi connectivity index (χ1v) is 8.68. The van der Waals surface area contributed by atoms with Crippen molar-refractivity contribution in [1.82, 2.24) is 9.88 Å². The molecular formula is C18H25N3OS. The van der Waals surface area contributed by atoms with E-state index in [1.165, 1.54) is 5.56 Å². The van der Waals surface area contributed by atoms with Gasteiger partial charge in [-0.2, -0.15) is 0 Å². The van der Waals surface area contributed by atoms with Gasteiger partial charge in [0.1, 0.15) is 5.01 Å². The van der Waals surface area contributed by atoms with Crippen LogP contribution in [0.1, 0.15) is 36.0 Å². The molecule has 0 radical (unpaired) electrons. The number of aryl methyl sites for hydroxylation is 2. The second-order valence-electron chi connectivity index (χ2n) is 6.10. The van der Waals surface area contributed by atoms with Gasteiger partial charge < -0.3 is 10.6 Å². The summed E-state index contributed by atoms with van der Waals surface area (Å²) in [6, 6.07) is 8.36. The molecule has 0 bridgehead atoms. The third-order valence-corrected chi connectivity index (χ3v) is 5.59. The molecule has 5 heteroatoms. The summed E-state index contributed by atoms with van der Waals surface area (Å²) in [6.45, 7) is 8.35. The Labute approximate surface area is 142 Å². The van der Waals surface area contributed by atoms with E-state index in [-0.39, 0.29) is 17.9 Å². The van der Waals surface area contributed by atoms with Crippen LogP contribution >= 0.6 is 11.3 Å². The van der Waals surface area contributed by atoms with Crippen molar-refractivity contribution in [2.75, 3.05) is 13.6 Å². The average Bonchev–Trinajstić information content (AvgIpc) is 2.94. The van der Waals surface area contributed by atoms with Crippen LogP contribution in [0.25, 0.3) is 10.6 Å². The van der Waals surface area contributed by atoms with Crippen LogP contribution in [0.5, 0.6) is 0 Å². The molecule has 0 aliphatic carbocycles. The van der Waals surface area contributed by atoms with Crippen LogP contribution in [0.15, 0.2) is 24.3 Å². The van der Waals surface area contributed by atoms with Crippen molar-refractivity contribution >= 4 is 17.2 Å². The Morgan fingerprint density at radius 1 is 1.26 bits per heavy atom. The van der Waals surface area contributed by atoms with Gasteiger partial charge in [-0.05, 0) is 20.8 Å². The lowest BCUT2D eigenvalue weighted by molar-refractivity contribution is -0.135. The zero-order valence-corrected chi connectivity index (χ0v) is 15.3. The second kappa shape index (κ2) is 7.23. The predicted molar refractivity (Wildman–Crippen MR) is 96.4 cm³/mol. The summed E-state index contributed by atoms with van der Waals surface area (Å²) >= 11 is 1.66. The highest BCUT2D eigenvalue weighted by Gasteiger charge is 2.25. The minimum Gasteiger partial charge on any atom is -0.338 e. The number of carbonyl (C=O) groups excluding carboxylic acids is 1. The number of hydrogen-bond acceptors (Lipinski definition) is 4. The molecule has 2 aromatic rings. The first kappa shape index (κ1) is 17.6. The van der Waals surface area contributed by atoms with Crippen molar-refractivity contribution in [3.05, 3.63) is 40.4 Å². The maximum atomic E-state index is 12.3. The van der Waals surface area contributed by atoms with E-state index in [1.807, 2.05) is 27.8 Å². The topological polar surface area (TPSA) is 59.2 Å². The molecule has 2 atom stereocenters. The molecule has 1 amide bonds. The summed E-state index contributed by atoms with van der Waals surface area (Å²) in [5.74, 6) is -0.0862. The van der Waals surface area contributed by atoms with Gasteiger partial charge in [0.15, 0.2) is 0 Å². The Balaban J connectivity index is 2.26. The van der Waals surface area contributed by atoms with E-state index in [0.717, 1.165) is 21.1 Å². The molecule has 1 aromatic heterocycles. The normalized spacial score (nSPS) is 13.7. The van der Waals surface area contributed by atoms with E-state index in [4.69, 9.17) is 10.7 Å². The third-order valence-electron chi connectivity index (χ3n) is 4.21. The van der Waals surface area contributed by atoms with Crippen molar-refractivity contribution in [3.8, 4) is 10.6 Å². The zero-order chi connectivity index (χ0) is 17.1. The van der Waals surface area contributed by atoms with Gasteiger partial charge in [0.25, 0.3) is 0 Å². The van der Waals surface area contributed by atoms with Crippen molar-refractivity contribution in [2.24, 2.45) is 11.7 Å². The molecule has 124 valence electrons. The molecule has 2 N–H and O–H groups in total. The molecule has 2 rings (SSSR count). The SMILES string of the molecule is Cc1ccc(-c2nc(C)c(C(C)N(C)C(=O)C(C)CN)s2)cc1. The third kappa shape index (κ3) is 3.79. The largest absolute Gasteiger partial charge is 0.338 e. The molecule has 0 fully saturated rings. The number of aromatic nitrogens is 1. The van der Waals surface area contributed by atoms with E-state index < -0.39 is 0 Å². The number of benzene rings is 1. The maximum absolute atomic E-state index is 12.3. The summed E-state index contributed by atoms with van der Waals surface area (Å²) in [5, 5.41) is 0.997. The molecule has 0 spiro atoms. The van der Waals surface area contributed by atoms with E-state index in [9.17, 15) is 4.79 Å². The van der Waals surface area contributed by atoms with Crippen LogP contribution in [0, 0.1) is 19.8 Å². The molecular weight excluding hydrogens is 306 g/mol. The first-order chi connectivity index (χ1) is 10.8. The van der Waals surface area contributed by atoms with Crippen molar-refractivity contribution in [1.29, 1.82) is 0 Å². The second-order valence-corrected chi connectivity index (χ2v) is 7.13. The van der Waals surface area contributed by atoms with Crippen LogP contribution in [-0.2, 0) is 4.79 Å². The fourth-order valence-electron chi connectivity index (χ4n) is 2.43. The Morgan fingerprint density at radius 3 is 2.43 bits per heavy atom. The molecule has 1 heterocycles. The number of amides is 1. The van der Waals surface area contributed by atoms with Gasteiger partial charge in [0, 0.05) is 25.1 Å². The van der Waals surface area contributed by atoms with Crippen LogP contribution < -0.4 is 5.73 Å². The Bertz CT molecular complexity index is 678. The molecule has 4 nitrogen and oxygen atoms in total. The van der Waals surface area contributed by atoms with E-state index in [2.05, 4.69) is 31.2 Å². The molecule has 0 saturated carbocycles. The lowest BCUT2D eigenvalue weighted by Crippen LogP contribution is -2.36. The van der Waals surface area contributed by atoms with Crippen LogP contribution in [0.3, 0.4) is 0 Å². The van der Waals surface area contributed by atoms with Crippen LogP contribution in [0.4, 0.5) is 0 Å². The van der Waals surface area contributed by atoms with Gasteiger partial charge in [0.2, 0.25) is 5.91 Å². The molecule has 0 aliphatic rings. The highest BCUT2D eigenvalue weighted by atomic mass is 32.1. The highest BCUT2D eigenvalue weighted by Crippen LogP contribution is 2.34. The number of carbonyl (C=O) groups is 1. The monoisotopic (exact) mass is 331 g/mol. The van der Waals surface area contributed by atoms with Crippen molar-refractivity contribution in [2.45, 2.75) is 33.7 Å². The lowest BCUT2D eigenvalue weighted by atomic mass is 10.1. The fourth-order valence-corrected chi connectivity index (χ4v) is 3.60. The average molecular weight is 331 g/mol. The smallest absolute Gasteiger partial charge is 0.226 e. The summed E-state index contributed by atoms with van der Waals surface area (Å²) in [6.07, 6.45) is 0. The number of nitrogens with two attached hydrogens (primary N) is 1. The van der Waals surface area contributed by atoms with Crippen molar-refractivity contribution < 1.29 is 4.79 Å². The van der Waals surface area contributed by atoms with Gasteiger partial charge in [-0.3, -0.25) is 4.79 Å². The first-order valence-electron chi connectivity index (χ1n) is 7.86. The van der Waals surface area contributed by atoms with Gasteiger partial charge >= 0.3 is 0 Å². The van der Waals surface area contributed by atoms with Crippen molar-refractivity contribution in [3.63, 3.8) is 0 Å². The van der Waals surface area contributed by atoms with E-state index >= 15 is 0 Å². The minimum absolute atomic E-state index is 0.00630. The van der Waals surface area contributed by atoms with Crippen LogP contribution in [0.2, 0.25) is 0 Å². The molecule has 0 aliphatic heterocycles. The standard InChI is InChI=1S/C18H25N3OS/c1-11-6-8-15(9-7-11)17-20-13(3)16(23-17)14(4)21(5)18(22)12(2)10-19/h6-9,12,14H,10,19H2,1-5H3. The fraction of sp³-hybridized carbons (Fsp3) is 0.444. The number of hydrogen-bond donors (Lipinski definition) is 1. The lowest BCUT2D eigenvalue weighted by Gasteiger charge is -2.26. The van der Waals surface area contributed by atoms with Gasteiger partial charge in [0.05, 0.1) is 16.6 Å². The van der Waals surface area contributed by atoms with Gasteiger partial charge in [-0.25, -0.2) is 4.98 Å². The number of thiazole rings is 1. The zero-order valence-electron chi connectivity index (χ0n) is 14.5. The summed E-state index contributed by atoms with van der Waals surface area (Å²) < 4.78 is 0. The highest BCUT2D eigenvalue weighted by molar-refractivity contribution is 7.15. The molecule has 0 saturated heterocycles. The maximum Gasteiger partial charge on any atom is 0.226 e. The summed E-state index contributed by atoms with van der Waals surface area (Å²) in [4.78, 5) is 19.9. The van der Waals surface area contributed by atoms with Crippen LogP contribution in [-0.4, -0.2) is 29.4 Å². The predicted octanol–water partition coefficient (Wildman–Crippen LogP) is 3.54. The Hall–Kier alpha value is -1.72. The number of rotatable bonds is 5. The minimum atomic E-state index is -0.160. The molecule has 2 unspecified atom stereocenters. The van der Waals surface area contributed by atoms with E-state index in [1.54, 1.807) is 16.2 Å². The summed E-state index contributed by atoms with van der Waals surface area (Å²) in [7, 11) is 1.84. The molecule has 23 heavy (non-hydrogen) atoms. The number of nitrogens with zero attached hydrogens (tertiary/aromatic N) is 2. The van der Waals surface area contributed by atoms with E-state index in [0.29, 0.717) is 6.54 Å². The quantitative estimate of drug-likeness (QED) is 0.911. The van der Waals surface area contributed by atoms with Gasteiger partial charge in [-0.15, -0.1) is 11.3 Å². The summed E-state index contributed by atoms with van der Waals surface area (Å²) in [5.41, 5.74) is 8.95. The molecule has 1 aromatic carbocycles. The van der Waals surface area contributed by atoms with Gasteiger partial charge in [-0.1, -0.05) is 36.8 Å².